The second-order valence-corrected chi connectivity index (χ2v) is 1.51. The molecule has 4 N–H and O–H groups in total. The summed E-state index contributed by atoms with van der Waals surface area (Å²) in [7, 11) is 0. The van der Waals surface area contributed by atoms with Gasteiger partial charge < -0.3 is 11.5 Å². The number of nitrogens with two attached hydrogens (primary N) is 2. The van der Waals surface area contributed by atoms with Gasteiger partial charge in [-0.2, -0.15) is 0 Å². The first-order valence-corrected chi connectivity index (χ1v) is 2.23. The Morgan fingerprint density at radius 1 is 1.38 bits per heavy atom. The van der Waals surface area contributed by atoms with Crippen molar-refractivity contribution >= 4 is 11.4 Å². The van der Waals surface area contributed by atoms with E-state index in [4.69, 9.17) is 11.5 Å². The minimum Gasteiger partial charge on any atom is -0.398 e. The lowest BCUT2D eigenvalue weighted by Crippen LogP contribution is -1.86. The summed E-state index contributed by atoms with van der Waals surface area (Å²) in [5.74, 6) is 0. The van der Waals surface area contributed by atoms with Gasteiger partial charge in [0.2, 0.25) is 0 Å². The molecule has 0 amide bonds. The van der Waals surface area contributed by atoms with Crippen molar-refractivity contribution in [3.05, 3.63) is 24.3 Å². The van der Waals surface area contributed by atoms with Crippen molar-refractivity contribution in [2.24, 2.45) is 0 Å². The lowest BCUT2D eigenvalue weighted by Gasteiger charge is -1.86. The standard InChI is InChI=1S/C6H6N2/c7-5-2-1-3-6(8)4-5/h2,4H,7-8H2. The van der Waals surface area contributed by atoms with Crippen LogP contribution in [0.3, 0.4) is 0 Å². The van der Waals surface area contributed by atoms with Crippen LogP contribution in [-0.2, 0) is 0 Å². The number of anilines is 2. The molecule has 0 saturated carbocycles. The molecule has 40 valence electrons. The zero-order valence-corrected chi connectivity index (χ0v) is 4.31. The molecule has 0 saturated heterocycles. The highest BCUT2D eigenvalue weighted by Gasteiger charge is 1.79. The van der Waals surface area contributed by atoms with Crippen LogP contribution in [0.1, 0.15) is 0 Å². The fourth-order valence-corrected chi connectivity index (χ4v) is 0.460. The Morgan fingerprint density at radius 3 is 2.50 bits per heavy atom. The van der Waals surface area contributed by atoms with Crippen molar-refractivity contribution < 1.29 is 0 Å². The van der Waals surface area contributed by atoms with Crippen molar-refractivity contribution in [2.45, 2.75) is 0 Å². The summed E-state index contributed by atoms with van der Waals surface area (Å²) in [6.45, 7) is 0. The first kappa shape index (κ1) is 4.79. The van der Waals surface area contributed by atoms with Crippen molar-refractivity contribution in [1.82, 2.24) is 0 Å². The number of nitrogen functional groups attached to an aromatic ring is 2. The molecule has 1 rings (SSSR count). The van der Waals surface area contributed by atoms with Gasteiger partial charge in [0.15, 0.2) is 0 Å². The van der Waals surface area contributed by atoms with Gasteiger partial charge >= 0.3 is 0 Å². The smallest absolute Gasteiger partial charge is 0.0851 e. The molecule has 8 heavy (non-hydrogen) atoms. The quantitative estimate of drug-likeness (QED) is 0.504. The van der Waals surface area contributed by atoms with Crippen LogP contribution in [0, 0.1) is 12.1 Å². The van der Waals surface area contributed by atoms with E-state index in [1.165, 1.54) is 0 Å². The lowest BCUT2D eigenvalue weighted by molar-refractivity contribution is 1.70. The molecule has 2 nitrogen and oxygen atoms in total. The third kappa shape index (κ3) is 0.824. The molecule has 0 spiro atoms. The summed E-state index contributed by atoms with van der Waals surface area (Å²) in [5.41, 5.74) is 11.8. The van der Waals surface area contributed by atoms with E-state index in [1.54, 1.807) is 12.1 Å². The fourth-order valence-electron chi connectivity index (χ4n) is 0.460. The fraction of sp³-hybridized carbons (Fsp3) is 0. The van der Waals surface area contributed by atoms with Crippen LogP contribution in [0.15, 0.2) is 12.1 Å². The Labute approximate surface area is 48.1 Å². The third-order valence-electron chi connectivity index (χ3n) is 0.778. The molecular formula is C6H6N2. The zero-order chi connectivity index (χ0) is 5.98. The highest BCUT2D eigenvalue weighted by Crippen LogP contribution is 2.01. The van der Waals surface area contributed by atoms with E-state index < -0.39 is 0 Å². The summed E-state index contributed by atoms with van der Waals surface area (Å²) in [4.78, 5) is 0. The van der Waals surface area contributed by atoms with Crippen molar-refractivity contribution in [1.29, 1.82) is 0 Å². The second-order valence-electron chi connectivity index (χ2n) is 1.51. The second kappa shape index (κ2) is 1.63. The maximum absolute atomic E-state index is 5.33. The average molecular weight is 106 g/mol. The van der Waals surface area contributed by atoms with E-state index >= 15 is 0 Å². The molecule has 2 heteroatoms. The van der Waals surface area contributed by atoms with Gasteiger partial charge in [0, 0.05) is 11.8 Å². The maximum Gasteiger partial charge on any atom is 0.0851 e. The lowest BCUT2D eigenvalue weighted by atomic mass is 10.3. The molecule has 0 heterocycles. The Hall–Kier alpha value is -1.36. The summed E-state index contributed by atoms with van der Waals surface area (Å²) < 4.78 is 0. The Kier molecular flexibility index (Phi) is 0.974. The summed E-state index contributed by atoms with van der Waals surface area (Å²) in [6.07, 6.45) is 0. The number of hydrogen-bond acceptors (Lipinski definition) is 2. The van der Waals surface area contributed by atoms with E-state index in [9.17, 15) is 0 Å². The summed E-state index contributed by atoms with van der Waals surface area (Å²) >= 11 is 0. The minimum absolute atomic E-state index is 0.532. The molecule has 0 aliphatic heterocycles. The molecule has 1 aromatic rings. The van der Waals surface area contributed by atoms with Gasteiger partial charge in [0.25, 0.3) is 0 Å². The molecule has 0 atom stereocenters. The molecule has 1 aromatic carbocycles. The molecule has 0 fully saturated rings. The van der Waals surface area contributed by atoms with Crippen molar-refractivity contribution in [3.8, 4) is 0 Å². The highest BCUT2D eigenvalue weighted by molar-refractivity contribution is 5.47. The minimum atomic E-state index is 0.532. The van der Waals surface area contributed by atoms with Crippen LogP contribution in [0.25, 0.3) is 0 Å². The Morgan fingerprint density at radius 2 is 2.12 bits per heavy atom. The zero-order valence-electron chi connectivity index (χ0n) is 4.31. The molecule has 0 bridgehead atoms. The summed E-state index contributed by atoms with van der Waals surface area (Å²) in [5, 5.41) is 0. The predicted molar refractivity (Wildman–Crippen MR) is 32.9 cm³/mol. The molecule has 0 aliphatic carbocycles. The normalized spacial score (nSPS) is 8.00. The van der Waals surface area contributed by atoms with Gasteiger partial charge in [-0.3, -0.25) is 0 Å². The highest BCUT2D eigenvalue weighted by atomic mass is 14.6. The van der Waals surface area contributed by atoms with Gasteiger partial charge in [-0.15, -0.1) is 0 Å². The van der Waals surface area contributed by atoms with E-state index in [0.717, 1.165) is 0 Å². The van der Waals surface area contributed by atoms with Crippen molar-refractivity contribution in [3.63, 3.8) is 0 Å². The van der Waals surface area contributed by atoms with Gasteiger partial charge in [-0.1, -0.05) is 6.07 Å². The van der Waals surface area contributed by atoms with Gasteiger partial charge in [0.1, 0.15) is 0 Å². The monoisotopic (exact) mass is 106 g/mol. The Bertz CT molecular complexity index is 166. The maximum atomic E-state index is 5.33. The molecule has 0 aliphatic rings. The van der Waals surface area contributed by atoms with Crippen LogP contribution in [0.4, 0.5) is 11.4 Å². The number of hydrogen-bond donors (Lipinski definition) is 2. The molecular weight excluding hydrogens is 100 g/mol. The summed E-state index contributed by atoms with van der Waals surface area (Å²) in [6, 6.07) is 8.56. The largest absolute Gasteiger partial charge is 0.398 e. The SMILES string of the molecule is Nc1c#ccc(N)c1. The third-order valence-corrected chi connectivity index (χ3v) is 0.778. The van der Waals surface area contributed by atoms with E-state index in [-0.39, 0.29) is 0 Å². The van der Waals surface area contributed by atoms with Crippen molar-refractivity contribution in [2.75, 3.05) is 11.5 Å². The van der Waals surface area contributed by atoms with Gasteiger partial charge in [-0.25, -0.2) is 0 Å². The van der Waals surface area contributed by atoms with E-state index in [0.29, 0.717) is 11.4 Å². The van der Waals surface area contributed by atoms with Gasteiger partial charge in [0.05, 0.1) is 5.69 Å². The van der Waals surface area contributed by atoms with Crippen LogP contribution >= 0.6 is 0 Å². The van der Waals surface area contributed by atoms with Crippen LogP contribution in [0.5, 0.6) is 0 Å². The molecule has 0 unspecified atom stereocenters. The average Bonchev–Trinajstić information content (AvgIpc) is 1.64. The van der Waals surface area contributed by atoms with Crippen LogP contribution < -0.4 is 11.5 Å². The van der Waals surface area contributed by atoms with Crippen LogP contribution in [0.2, 0.25) is 0 Å². The molecule has 0 aromatic heterocycles. The first-order chi connectivity index (χ1) is 3.79. The number of rotatable bonds is 0. The first-order valence-electron chi connectivity index (χ1n) is 2.23. The van der Waals surface area contributed by atoms with E-state index in [1.807, 2.05) is 0 Å². The predicted octanol–water partition coefficient (Wildman–Crippen LogP) is 0.451. The Balaban J connectivity index is 3.08. The van der Waals surface area contributed by atoms with E-state index in [2.05, 4.69) is 12.1 Å². The van der Waals surface area contributed by atoms with Crippen LogP contribution in [-0.4, -0.2) is 0 Å². The molecule has 0 radical (unpaired) electrons. The topological polar surface area (TPSA) is 52.0 Å². The van der Waals surface area contributed by atoms with Gasteiger partial charge in [-0.05, 0) is 12.1 Å².